The van der Waals surface area contributed by atoms with Gasteiger partial charge < -0.3 is 10.4 Å². The Morgan fingerprint density at radius 1 is 1.26 bits per heavy atom. The van der Waals surface area contributed by atoms with Crippen molar-refractivity contribution in [3.63, 3.8) is 0 Å². The van der Waals surface area contributed by atoms with Gasteiger partial charge in [-0.1, -0.05) is 31.2 Å². The van der Waals surface area contributed by atoms with Crippen molar-refractivity contribution < 1.29 is 9.90 Å². The molecule has 0 spiro atoms. The van der Waals surface area contributed by atoms with E-state index in [2.05, 4.69) is 48.7 Å². The van der Waals surface area contributed by atoms with Crippen LogP contribution in [0.1, 0.15) is 38.2 Å². The fourth-order valence-corrected chi connectivity index (χ4v) is 1.82. The van der Waals surface area contributed by atoms with E-state index in [1.165, 1.54) is 5.56 Å². The molecule has 0 heterocycles. The van der Waals surface area contributed by atoms with E-state index >= 15 is 0 Å². The van der Waals surface area contributed by atoms with Gasteiger partial charge in [-0.2, -0.15) is 0 Å². The minimum atomic E-state index is -0.724. The molecule has 0 radical (unpaired) electrons. The van der Waals surface area contributed by atoms with Crippen LogP contribution < -0.4 is 5.32 Å². The predicted octanol–water partition coefficient (Wildman–Crippen LogP) is 3.86. The van der Waals surface area contributed by atoms with Crippen molar-refractivity contribution in [3.8, 4) is 0 Å². The Morgan fingerprint density at radius 2 is 2.00 bits per heavy atom. The number of benzene rings is 1. The summed E-state index contributed by atoms with van der Waals surface area (Å²) in [6.45, 7) is 3.07. The van der Waals surface area contributed by atoms with Crippen molar-refractivity contribution in [1.29, 1.82) is 0 Å². The Hall–Kier alpha value is -1.77. The lowest BCUT2D eigenvalue weighted by Gasteiger charge is -2.06. The molecule has 0 atom stereocenters. The molecule has 0 bridgehead atoms. The molecule has 0 aliphatic rings. The summed E-state index contributed by atoms with van der Waals surface area (Å²) in [7, 11) is 0. The first-order chi connectivity index (χ1) is 9.22. The van der Waals surface area contributed by atoms with Gasteiger partial charge in [0.25, 0.3) is 0 Å². The van der Waals surface area contributed by atoms with Crippen LogP contribution in [0.3, 0.4) is 0 Å². The molecule has 0 unspecified atom stereocenters. The number of carboxylic acid groups (broad SMARTS) is 1. The summed E-state index contributed by atoms with van der Waals surface area (Å²) < 4.78 is 0. The lowest BCUT2D eigenvalue weighted by atomic mass is 10.1. The number of nitrogens with one attached hydrogen (secondary N) is 1. The van der Waals surface area contributed by atoms with Gasteiger partial charge in [-0.15, -0.1) is 0 Å². The highest BCUT2D eigenvalue weighted by molar-refractivity contribution is 5.66. The third-order valence-electron chi connectivity index (χ3n) is 2.85. The molecule has 0 fully saturated rings. The van der Waals surface area contributed by atoms with Gasteiger partial charge in [-0.25, -0.2) is 0 Å². The van der Waals surface area contributed by atoms with Crippen molar-refractivity contribution in [2.75, 3.05) is 11.9 Å². The van der Waals surface area contributed by atoms with Crippen LogP contribution in [0.5, 0.6) is 0 Å². The van der Waals surface area contributed by atoms with Crippen molar-refractivity contribution in [1.82, 2.24) is 0 Å². The van der Waals surface area contributed by atoms with Gasteiger partial charge >= 0.3 is 5.97 Å². The SMILES string of the molecule is CCC=CCCNc1ccc(CCCC(=O)O)cc1. The highest BCUT2D eigenvalue weighted by Crippen LogP contribution is 2.11. The summed E-state index contributed by atoms with van der Waals surface area (Å²) in [5, 5.41) is 11.9. The molecule has 0 aliphatic carbocycles. The lowest BCUT2D eigenvalue weighted by Crippen LogP contribution is -2.00. The highest BCUT2D eigenvalue weighted by Gasteiger charge is 1.98. The first kappa shape index (κ1) is 15.3. The van der Waals surface area contributed by atoms with Gasteiger partial charge in [0.05, 0.1) is 0 Å². The zero-order valence-electron chi connectivity index (χ0n) is 11.6. The lowest BCUT2D eigenvalue weighted by molar-refractivity contribution is -0.137. The van der Waals surface area contributed by atoms with Crippen molar-refractivity contribution in [3.05, 3.63) is 42.0 Å². The fraction of sp³-hybridized carbons (Fsp3) is 0.438. The van der Waals surface area contributed by atoms with Gasteiger partial charge in [0.1, 0.15) is 0 Å². The third kappa shape index (κ3) is 7.29. The van der Waals surface area contributed by atoms with Gasteiger partial charge in [0, 0.05) is 18.7 Å². The van der Waals surface area contributed by atoms with Crippen molar-refractivity contribution in [2.45, 2.75) is 39.0 Å². The van der Waals surface area contributed by atoms with Crippen molar-refractivity contribution >= 4 is 11.7 Å². The van der Waals surface area contributed by atoms with Crippen LogP contribution >= 0.6 is 0 Å². The number of hydrogen-bond acceptors (Lipinski definition) is 2. The third-order valence-corrected chi connectivity index (χ3v) is 2.85. The number of allylic oxidation sites excluding steroid dienone is 1. The van der Waals surface area contributed by atoms with Crippen LogP contribution in [-0.2, 0) is 11.2 Å². The second kappa shape index (κ2) is 9.20. The maximum absolute atomic E-state index is 10.4. The fourth-order valence-electron chi connectivity index (χ4n) is 1.82. The average Bonchev–Trinajstić information content (AvgIpc) is 2.40. The maximum Gasteiger partial charge on any atom is 0.303 e. The number of hydrogen-bond donors (Lipinski definition) is 2. The summed E-state index contributed by atoms with van der Waals surface area (Å²) in [5.74, 6) is -0.724. The normalized spacial score (nSPS) is 10.8. The Bertz CT molecular complexity index is 396. The Morgan fingerprint density at radius 3 is 2.63 bits per heavy atom. The monoisotopic (exact) mass is 261 g/mol. The van der Waals surface area contributed by atoms with Crippen LogP contribution in [0, 0.1) is 0 Å². The van der Waals surface area contributed by atoms with Gasteiger partial charge in [0.2, 0.25) is 0 Å². The van der Waals surface area contributed by atoms with Crippen LogP contribution in [0.4, 0.5) is 5.69 Å². The van der Waals surface area contributed by atoms with Crippen LogP contribution in [0.25, 0.3) is 0 Å². The van der Waals surface area contributed by atoms with Crippen molar-refractivity contribution in [2.24, 2.45) is 0 Å². The Kier molecular flexibility index (Phi) is 7.40. The molecule has 1 aromatic carbocycles. The van der Waals surface area contributed by atoms with Gasteiger partial charge in [-0.05, 0) is 43.4 Å². The van der Waals surface area contributed by atoms with Crippen LogP contribution in [0.2, 0.25) is 0 Å². The van der Waals surface area contributed by atoms with E-state index < -0.39 is 5.97 Å². The van der Waals surface area contributed by atoms with Gasteiger partial charge in [0.15, 0.2) is 0 Å². The summed E-state index contributed by atoms with van der Waals surface area (Å²) in [6.07, 6.45) is 8.25. The molecule has 104 valence electrons. The molecule has 0 aromatic heterocycles. The molecule has 1 aromatic rings. The second-order valence-corrected chi connectivity index (χ2v) is 4.54. The van der Waals surface area contributed by atoms with E-state index in [1.54, 1.807) is 0 Å². The molecule has 3 heteroatoms. The van der Waals surface area contributed by atoms with Crippen LogP contribution in [-0.4, -0.2) is 17.6 Å². The maximum atomic E-state index is 10.4. The molecule has 1 rings (SSSR count). The molecule has 0 aliphatic heterocycles. The molecule has 0 saturated carbocycles. The number of carboxylic acids is 1. The topological polar surface area (TPSA) is 49.3 Å². The highest BCUT2D eigenvalue weighted by atomic mass is 16.4. The molecule has 0 saturated heterocycles. The van der Waals surface area contributed by atoms with Crippen LogP contribution in [0.15, 0.2) is 36.4 Å². The summed E-state index contributed by atoms with van der Waals surface area (Å²) in [5.41, 5.74) is 2.31. The second-order valence-electron chi connectivity index (χ2n) is 4.54. The molecule has 2 N–H and O–H groups in total. The first-order valence-electron chi connectivity index (χ1n) is 6.92. The van der Waals surface area contributed by atoms with E-state index in [-0.39, 0.29) is 6.42 Å². The van der Waals surface area contributed by atoms with Gasteiger partial charge in [-0.3, -0.25) is 4.79 Å². The largest absolute Gasteiger partial charge is 0.481 e. The number of carbonyl (C=O) groups is 1. The Labute approximate surface area is 115 Å². The predicted molar refractivity (Wildman–Crippen MR) is 79.6 cm³/mol. The molecule has 0 amide bonds. The van der Waals surface area contributed by atoms with E-state index in [9.17, 15) is 4.79 Å². The number of aryl methyl sites for hydroxylation is 1. The quantitative estimate of drug-likeness (QED) is 0.524. The zero-order valence-corrected chi connectivity index (χ0v) is 11.6. The minimum absolute atomic E-state index is 0.240. The van der Waals surface area contributed by atoms with E-state index in [0.29, 0.717) is 6.42 Å². The number of aliphatic carboxylic acids is 1. The molecular weight excluding hydrogens is 238 g/mol. The van der Waals surface area contributed by atoms with E-state index in [4.69, 9.17) is 5.11 Å². The van der Waals surface area contributed by atoms with E-state index in [0.717, 1.165) is 31.5 Å². The standard InChI is InChI=1S/C16H23NO2/c1-2-3-4-5-13-17-15-11-9-14(10-12-15)7-6-8-16(18)19/h3-4,9-12,17H,2,5-8,13H2,1H3,(H,18,19). The zero-order chi connectivity index (χ0) is 13.9. The average molecular weight is 261 g/mol. The molecule has 3 nitrogen and oxygen atoms in total. The smallest absolute Gasteiger partial charge is 0.303 e. The molecular formula is C16H23NO2. The first-order valence-corrected chi connectivity index (χ1v) is 6.92. The summed E-state index contributed by atoms with van der Waals surface area (Å²) in [4.78, 5) is 10.4. The minimum Gasteiger partial charge on any atom is -0.481 e. The Balaban J connectivity index is 2.27. The van der Waals surface area contributed by atoms with E-state index in [1.807, 2.05) is 0 Å². The summed E-state index contributed by atoms with van der Waals surface area (Å²) in [6, 6.07) is 8.23. The number of anilines is 1. The molecule has 19 heavy (non-hydrogen) atoms. The number of rotatable bonds is 9. The summed E-state index contributed by atoms with van der Waals surface area (Å²) >= 11 is 0.